The van der Waals surface area contributed by atoms with Gasteiger partial charge in [-0.3, -0.25) is 4.90 Å². The van der Waals surface area contributed by atoms with Crippen LogP contribution in [0.1, 0.15) is 13.3 Å². The van der Waals surface area contributed by atoms with Crippen LogP contribution in [0.15, 0.2) is 0 Å². The van der Waals surface area contributed by atoms with Crippen LogP contribution in [0.2, 0.25) is 0 Å². The van der Waals surface area contributed by atoms with Gasteiger partial charge in [0.1, 0.15) is 0 Å². The van der Waals surface area contributed by atoms with E-state index in [1.807, 2.05) is 0 Å². The van der Waals surface area contributed by atoms with Crippen LogP contribution < -0.4 is 0 Å². The molecule has 3 N–H and O–H groups in total. The molecular weight excluding hydrogens is 166 g/mol. The number of likely N-dealkylation sites (N-methyl/N-ethyl adjacent to an activating group) is 1. The first kappa shape index (κ1) is 10.7. The number of carboxylic acid groups (broad SMARTS) is 2. The van der Waals surface area contributed by atoms with Crippen LogP contribution in [-0.4, -0.2) is 45.1 Å². The molecule has 70 valence electrons. The van der Waals surface area contributed by atoms with Crippen molar-refractivity contribution in [3.63, 3.8) is 0 Å². The van der Waals surface area contributed by atoms with Gasteiger partial charge in [0.2, 0.25) is 5.72 Å². The minimum atomic E-state index is -2.33. The van der Waals surface area contributed by atoms with Gasteiger partial charge in [0, 0.05) is 13.5 Å². The predicted octanol–water partition coefficient (Wildman–Crippen LogP) is -0.221. The van der Waals surface area contributed by atoms with Gasteiger partial charge in [-0.1, -0.05) is 6.92 Å². The molecule has 0 heterocycles. The van der Waals surface area contributed by atoms with E-state index in [-0.39, 0.29) is 6.42 Å². The molecule has 0 unspecified atom stereocenters. The first-order valence-electron chi connectivity index (χ1n) is 3.28. The minimum absolute atomic E-state index is 0.203. The highest BCUT2D eigenvalue weighted by molar-refractivity contribution is 5.81. The van der Waals surface area contributed by atoms with Crippen molar-refractivity contribution >= 4 is 12.1 Å². The molecule has 0 bridgehead atoms. The molecule has 0 aliphatic carbocycles. The summed E-state index contributed by atoms with van der Waals surface area (Å²) in [5, 5.41) is 26.2. The number of nitrogens with zero attached hydrogens (tertiary/aromatic N) is 1. The molecule has 6 heteroatoms. The molecule has 0 aromatic rings. The number of hydrogen-bond acceptors (Lipinski definition) is 3. The third-order valence-electron chi connectivity index (χ3n) is 1.68. The van der Waals surface area contributed by atoms with Crippen molar-refractivity contribution in [3.8, 4) is 0 Å². The molecule has 0 aromatic heterocycles. The molecule has 0 aromatic carbocycles. The summed E-state index contributed by atoms with van der Waals surface area (Å²) in [6.45, 7) is 1.38. The number of aliphatic hydroxyl groups is 1. The van der Waals surface area contributed by atoms with E-state index in [2.05, 4.69) is 0 Å². The molecule has 0 aliphatic rings. The van der Waals surface area contributed by atoms with Gasteiger partial charge < -0.3 is 15.3 Å². The lowest BCUT2D eigenvalue weighted by Crippen LogP contribution is -2.54. The molecule has 1 atom stereocenters. The Morgan fingerprint density at radius 3 is 1.92 bits per heavy atom. The first-order valence-corrected chi connectivity index (χ1v) is 3.28. The fourth-order valence-corrected chi connectivity index (χ4v) is 0.690. The zero-order valence-corrected chi connectivity index (χ0v) is 6.81. The Morgan fingerprint density at radius 2 is 1.83 bits per heavy atom. The second kappa shape index (κ2) is 3.40. The Morgan fingerprint density at radius 1 is 1.42 bits per heavy atom. The monoisotopic (exact) mass is 177 g/mol. The van der Waals surface area contributed by atoms with E-state index in [0.29, 0.717) is 4.90 Å². The minimum Gasteiger partial charge on any atom is -0.478 e. The lowest BCUT2D eigenvalue weighted by molar-refractivity contribution is -0.176. The molecule has 0 radical (unpaired) electrons. The average Bonchev–Trinajstić information content (AvgIpc) is 2.01. The van der Waals surface area contributed by atoms with E-state index in [1.54, 1.807) is 0 Å². The number of carbonyl (C=O) groups is 2. The van der Waals surface area contributed by atoms with Crippen molar-refractivity contribution in [3.05, 3.63) is 0 Å². The van der Waals surface area contributed by atoms with E-state index >= 15 is 0 Å². The van der Waals surface area contributed by atoms with Gasteiger partial charge in [0.25, 0.3) is 0 Å². The van der Waals surface area contributed by atoms with Crippen LogP contribution in [0.25, 0.3) is 0 Å². The van der Waals surface area contributed by atoms with Crippen molar-refractivity contribution in [2.75, 3.05) is 7.05 Å². The Hall–Kier alpha value is -1.30. The second-order valence-electron chi connectivity index (χ2n) is 2.32. The third kappa shape index (κ3) is 1.65. The summed E-state index contributed by atoms with van der Waals surface area (Å²) in [5.74, 6) is -1.57. The molecule has 6 nitrogen and oxygen atoms in total. The fourth-order valence-electron chi connectivity index (χ4n) is 0.690. The Kier molecular flexibility index (Phi) is 3.03. The van der Waals surface area contributed by atoms with Crippen molar-refractivity contribution < 1.29 is 24.9 Å². The summed E-state index contributed by atoms with van der Waals surface area (Å²) in [6, 6.07) is 0. The highest BCUT2D eigenvalue weighted by atomic mass is 16.4. The van der Waals surface area contributed by atoms with Crippen molar-refractivity contribution in [2.24, 2.45) is 0 Å². The Bertz CT molecular complexity index is 204. The molecule has 0 spiro atoms. The molecule has 0 aliphatic heterocycles. The van der Waals surface area contributed by atoms with Crippen molar-refractivity contribution in [2.45, 2.75) is 19.1 Å². The van der Waals surface area contributed by atoms with Gasteiger partial charge in [-0.15, -0.1) is 0 Å². The smallest absolute Gasteiger partial charge is 0.409 e. The molecule has 0 rings (SSSR count). The van der Waals surface area contributed by atoms with Crippen LogP contribution in [0.3, 0.4) is 0 Å². The van der Waals surface area contributed by atoms with Crippen LogP contribution in [0, 0.1) is 0 Å². The topological polar surface area (TPSA) is 98.1 Å². The number of hydrogen-bond donors (Lipinski definition) is 3. The van der Waals surface area contributed by atoms with Crippen LogP contribution >= 0.6 is 0 Å². The van der Waals surface area contributed by atoms with Crippen LogP contribution in [-0.2, 0) is 4.79 Å². The van der Waals surface area contributed by atoms with Crippen molar-refractivity contribution in [1.29, 1.82) is 0 Å². The summed E-state index contributed by atoms with van der Waals surface area (Å²) >= 11 is 0. The summed E-state index contributed by atoms with van der Waals surface area (Å²) in [4.78, 5) is 21.1. The molecule has 0 saturated carbocycles. The molecule has 0 saturated heterocycles. The summed E-state index contributed by atoms with van der Waals surface area (Å²) in [6.07, 6.45) is -1.69. The van der Waals surface area contributed by atoms with E-state index in [9.17, 15) is 14.7 Å². The highest BCUT2D eigenvalue weighted by Gasteiger charge is 2.41. The number of rotatable bonds is 3. The highest BCUT2D eigenvalue weighted by Crippen LogP contribution is 2.14. The van der Waals surface area contributed by atoms with Crippen LogP contribution in [0.4, 0.5) is 4.79 Å². The summed E-state index contributed by atoms with van der Waals surface area (Å²) in [7, 11) is 1.000. The molecule has 0 fully saturated rings. The first-order chi connectivity index (χ1) is 5.36. The van der Waals surface area contributed by atoms with E-state index in [0.717, 1.165) is 7.05 Å². The van der Waals surface area contributed by atoms with Gasteiger partial charge in [-0.2, -0.15) is 0 Å². The van der Waals surface area contributed by atoms with E-state index < -0.39 is 17.8 Å². The van der Waals surface area contributed by atoms with Gasteiger partial charge in [-0.05, 0) is 0 Å². The maximum absolute atomic E-state index is 10.4. The van der Waals surface area contributed by atoms with Gasteiger partial charge in [0.05, 0.1) is 0 Å². The van der Waals surface area contributed by atoms with E-state index in [4.69, 9.17) is 10.2 Å². The van der Waals surface area contributed by atoms with Crippen molar-refractivity contribution in [1.82, 2.24) is 4.90 Å². The number of aliphatic carboxylic acids is 1. The fraction of sp³-hybridized carbons (Fsp3) is 0.667. The largest absolute Gasteiger partial charge is 0.478 e. The quantitative estimate of drug-likeness (QED) is 0.517. The summed E-state index contributed by atoms with van der Waals surface area (Å²) in [5.41, 5.74) is -2.33. The Labute approximate surface area is 69.0 Å². The predicted molar refractivity (Wildman–Crippen MR) is 38.7 cm³/mol. The summed E-state index contributed by atoms with van der Waals surface area (Å²) < 4.78 is 0. The maximum atomic E-state index is 10.4. The second-order valence-corrected chi connectivity index (χ2v) is 2.32. The zero-order chi connectivity index (χ0) is 9.94. The molecule has 12 heavy (non-hydrogen) atoms. The zero-order valence-electron chi connectivity index (χ0n) is 6.81. The van der Waals surface area contributed by atoms with Gasteiger partial charge in [0.15, 0.2) is 0 Å². The van der Waals surface area contributed by atoms with Gasteiger partial charge >= 0.3 is 12.1 Å². The van der Waals surface area contributed by atoms with E-state index in [1.165, 1.54) is 6.92 Å². The van der Waals surface area contributed by atoms with Crippen LogP contribution in [0.5, 0.6) is 0 Å². The maximum Gasteiger partial charge on any atom is 0.409 e. The number of carboxylic acids is 1. The lowest BCUT2D eigenvalue weighted by atomic mass is 10.1. The average molecular weight is 177 g/mol. The lowest BCUT2D eigenvalue weighted by Gasteiger charge is -2.29. The SMILES string of the molecule is CC[C@@](O)(C(=O)O)N(C)C(=O)O. The Balaban J connectivity index is 4.75. The normalized spacial score (nSPS) is 14.9. The standard InChI is InChI=1S/C6H11NO5/c1-3-6(12,4(8)9)7(2)5(10)11/h12H,3H2,1-2H3,(H,8,9)(H,10,11)/t6-/m1/s1. The number of amides is 1. The molecule has 1 amide bonds. The molecular formula is C6H11NO5. The third-order valence-corrected chi connectivity index (χ3v) is 1.68. The van der Waals surface area contributed by atoms with Gasteiger partial charge in [-0.25, -0.2) is 9.59 Å².